The maximum Gasteiger partial charge on any atom is 0.224 e. The molecule has 120 valence electrons. The van der Waals surface area contributed by atoms with Crippen LogP contribution < -0.4 is 16.4 Å². The van der Waals surface area contributed by atoms with Crippen LogP contribution in [0.3, 0.4) is 0 Å². The van der Waals surface area contributed by atoms with Gasteiger partial charge >= 0.3 is 0 Å². The lowest BCUT2D eigenvalue weighted by Crippen LogP contribution is -2.36. The molecule has 1 aromatic rings. The van der Waals surface area contributed by atoms with Gasteiger partial charge in [0, 0.05) is 24.3 Å². The summed E-state index contributed by atoms with van der Waals surface area (Å²) < 4.78 is 0. The Morgan fingerprint density at radius 3 is 2.82 bits per heavy atom. The third-order valence-corrected chi connectivity index (χ3v) is 5.21. The molecule has 0 unspecified atom stereocenters. The van der Waals surface area contributed by atoms with Crippen LogP contribution in [0.2, 0.25) is 0 Å². The zero-order valence-electron chi connectivity index (χ0n) is 13.3. The van der Waals surface area contributed by atoms with Crippen LogP contribution in [0.5, 0.6) is 0 Å². The second kappa shape index (κ2) is 6.69. The molecule has 2 aliphatic rings. The van der Waals surface area contributed by atoms with Gasteiger partial charge in [-0.1, -0.05) is 19.3 Å². The van der Waals surface area contributed by atoms with Crippen LogP contribution >= 0.6 is 0 Å². The summed E-state index contributed by atoms with van der Waals surface area (Å²) in [5, 5.41) is 6.47. The summed E-state index contributed by atoms with van der Waals surface area (Å²) in [6.45, 7) is 1.66. The standard InChI is InChI=1S/C18H27N3O/c19-13-18(8-2-1-3-9-18)12-17(22)21-15-6-7-16-14(11-15)5-4-10-20-16/h6-7,11,20H,1-5,8-10,12-13,19H2,(H,21,22). The summed E-state index contributed by atoms with van der Waals surface area (Å²) >= 11 is 0. The van der Waals surface area contributed by atoms with Gasteiger partial charge in [0.25, 0.3) is 0 Å². The zero-order chi connectivity index (χ0) is 15.4. The van der Waals surface area contributed by atoms with Gasteiger partial charge in [0.1, 0.15) is 0 Å². The van der Waals surface area contributed by atoms with E-state index >= 15 is 0 Å². The molecular weight excluding hydrogens is 274 g/mol. The van der Waals surface area contributed by atoms with Crippen molar-refractivity contribution in [2.45, 2.75) is 51.4 Å². The van der Waals surface area contributed by atoms with Crippen molar-refractivity contribution in [3.63, 3.8) is 0 Å². The molecule has 1 amide bonds. The number of fused-ring (bicyclic) bond motifs is 1. The molecule has 4 heteroatoms. The minimum absolute atomic E-state index is 0.0259. The second-order valence-electron chi connectivity index (χ2n) is 6.89. The molecule has 1 aliphatic heterocycles. The number of anilines is 2. The number of benzene rings is 1. The number of hydrogen-bond acceptors (Lipinski definition) is 3. The Kier molecular flexibility index (Phi) is 4.67. The average molecular weight is 301 g/mol. The van der Waals surface area contributed by atoms with Crippen molar-refractivity contribution in [3.05, 3.63) is 23.8 Å². The lowest BCUT2D eigenvalue weighted by molar-refractivity contribution is -0.118. The molecule has 3 rings (SSSR count). The molecule has 1 saturated carbocycles. The number of rotatable bonds is 4. The van der Waals surface area contributed by atoms with E-state index in [4.69, 9.17) is 5.73 Å². The summed E-state index contributed by atoms with van der Waals surface area (Å²) in [7, 11) is 0. The predicted molar refractivity (Wildman–Crippen MR) is 91.1 cm³/mol. The largest absolute Gasteiger partial charge is 0.385 e. The van der Waals surface area contributed by atoms with E-state index in [1.54, 1.807) is 0 Å². The second-order valence-corrected chi connectivity index (χ2v) is 6.89. The summed E-state index contributed by atoms with van der Waals surface area (Å²) in [5.41, 5.74) is 9.43. The van der Waals surface area contributed by atoms with Gasteiger partial charge in [0.15, 0.2) is 0 Å². The highest BCUT2D eigenvalue weighted by Gasteiger charge is 2.32. The highest BCUT2D eigenvalue weighted by molar-refractivity contribution is 5.91. The van der Waals surface area contributed by atoms with Gasteiger partial charge in [0.2, 0.25) is 5.91 Å². The Hall–Kier alpha value is -1.55. The number of nitrogens with two attached hydrogens (primary N) is 1. The van der Waals surface area contributed by atoms with Crippen LogP contribution in [-0.2, 0) is 11.2 Å². The molecule has 1 aliphatic carbocycles. The Balaban J connectivity index is 1.63. The fourth-order valence-corrected chi connectivity index (χ4v) is 3.85. The quantitative estimate of drug-likeness (QED) is 0.799. The number of nitrogens with one attached hydrogen (secondary N) is 2. The highest BCUT2D eigenvalue weighted by atomic mass is 16.1. The van der Waals surface area contributed by atoms with E-state index in [0.29, 0.717) is 13.0 Å². The van der Waals surface area contributed by atoms with E-state index in [0.717, 1.165) is 37.9 Å². The first kappa shape index (κ1) is 15.3. The van der Waals surface area contributed by atoms with E-state index in [9.17, 15) is 4.79 Å². The van der Waals surface area contributed by atoms with Gasteiger partial charge in [-0.15, -0.1) is 0 Å². The van der Waals surface area contributed by atoms with Gasteiger partial charge in [-0.3, -0.25) is 4.79 Å². The number of amides is 1. The molecule has 4 N–H and O–H groups in total. The molecule has 0 spiro atoms. The van der Waals surface area contributed by atoms with Gasteiger partial charge in [0.05, 0.1) is 0 Å². The molecule has 0 saturated heterocycles. The van der Waals surface area contributed by atoms with Gasteiger partial charge < -0.3 is 16.4 Å². The molecule has 0 bridgehead atoms. The van der Waals surface area contributed by atoms with Crippen molar-refractivity contribution in [2.75, 3.05) is 23.7 Å². The number of carbonyl (C=O) groups is 1. The first-order valence-corrected chi connectivity index (χ1v) is 8.58. The number of aryl methyl sites for hydroxylation is 1. The van der Waals surface area contributed by atoms with E-state index in [-0.39, 0.29) is 11.3 Å². The molecule has 0 aromatic heterocycles. The molecule has 22 heavy (non-hydrogen) atoms. The first-order chi connectivity index (χ1) is 10.7. The third kappa shape index (κ3) is 3.43. The van der Waals surface area contributed by atoms with Crippen molar-refractivity contribution in [2.24, 2.45) is 11.1 Å². The van der Waals surface area contributed by atoms with Gasteiger partial charge in [-0.05, 0) is 61.4 Å². The molecule has 1 aromatic carbocycles. The first-order valence-electron chi connectivity index (χ1n) is 8.58. The van der Waals surface area contributed by atoms with Crippen LogP contribution in [0.25, 0.3) is 0 Å². The summed E-state index contributed by atoms with van der Waals surface area (Å²) in [4.78, 5) is 12.4. The van der Waals surface area contributed by atoms with Crippen LogP contribution in [0.15, 0.2) is 18.2 Å². The van der Waals surface area contributed by atoms with Crippen LogP contribution in [0.1, 0.15) is 50.5 Å². The summed E-state index contributed by atoms with van der Waals surface area (Å²) in [6.07, 6.45) is 8.65. The van der Waals surface area contributed by atoms with Crippen molar-refractivity contribution in [1.82, 2.24) is 0 Å². The topological polar surface area (TPSA) is 67.2 Å². The van der Waals surface area contributed by atoms with Crippen molar-refractivity contribution < 1.29 is 4.79 Å². The molecule has 4 nitrogen and oxygen atoms in total. The highest BCUT2D eigenvalue weighted by Crippen LogP contribution is 2.38. The number of hydrogen-bond donors (Lipinski definition) is 3. The Labute approximate surface area is 132 Å². The molecule has 0 atom stereocenters. The minimum atomic E-state index is 0.0259. The maximum atomic E-state index is 12.4. The smallest absolute Gasteiger partial charge is 0.224 e. The fourth-order valence-electron chi connectivity index (χ4n) is 3.85. The van der Waals surface area contributed by atoms with Gasteiger partial charge in [-0.25, -0.2) is 0 Å². The van der Waals surface area contributed by atoms with Crippen LogP contribution in [0.4, 0.5) is 11.4 Å². The van der Waals surface area contributed by atoms with Gasteiger partial charge in [-0.2, -0.15) is 0 Å². The maximum absolute atomic E-state index is 12.4. The van der Waals surface area contributed by atoms with E-state index < -0.39 is 0 Å². The molecule has 1 fully saturated rings. The number of carbonyl (C=O) groups excluding carboxylic acids is 1. The monoisotopic (exact) mass is 301 g/mol. The lowest BCUT2D eigenvalue weighted by atomic mass is 9.71. The van der Waals surface area contributed by atoms with E-state index in [1.165, 1.54) is 30.5 Å². The Morgan fingerprint density at radius 1 is 1.23 bits per heavy atom. The predicted octanol–water partition coefficient (Wildman–Crippen LogP) is 3.28. The van der Waals surface area contributed by atoms with Crippen LogP contribution in [0, 0.1) is 5.41 Å². The van der Waals surface area contributed by atoms with Crippen molar-refractivity contribution in [3.8, 4) is 0 Å². The van der Waals surface area contributed by atoms with Crippen molar-refractivity contribution in [1.29, 1.82) is 0 Å². The molecule has 1 heterocycles. The lowest BCUT2D eigenvalue weighted by Gasteiger charge is -2.35. The molecule has 0 radical (unpaired) electrons. The Morgan fingerprint density at radius 2 is 2.05 bits per heavy atom. The fraction of sp³-hybridized carbons (Fsp3) is 0.611. The SMILES string of the molecule is NCC1(CC(=O)Nc2ccc3c(c2)CCCN3)CCCCC1. The van der Waals surface area contributed by atoms with E-state index in [1.807, 2.05) is 6.07 Å². The minimum Gasteiger partial charge on any atom is -0.385 e. The summed E-state index contributed by atoms with van der Waals surface area (Å²) in [5.74, 6) is 0.107. The average Bonchev–Trinajstić information content (AvgIpc) is 2.55. The third-order valence-electron chi connectivity index (χ3n) is 5.21. The van der Waals surface area contributed by atoms with E-state index in [2.05, 4.69) is 22.8 Å². The summed E-state index contributed by atoms with van der Waals surface area (Å²) in [6, 6.07) is 6.17. The normalized spacial score (nSPS) is 19.9. The van der Waals surface area contributed by atoms with Crippen LogP contribution in [-0.4, -0.2) is 19.0 Å². The molecular formula is C18H27N3O. The zero-order valence-corrected chi connectivity index (χ0v) is 13.3. The Bertz CT molecular complexity index is 535. The van der Waals surface area contributed by atoms with Crippen molar-refractivity contribution >= 4 is 17.3 Å².